The lowest BCUT2D eigenvalue weighted by atomic mass is 9.96. The second kappa shape index (κ2) is 6.91. The van der Waals surface area contributed by atoms with Crippen LogP contribution in [0.1, 0.15) is 44.0 Å². The minimum absolute atomic E-state index is 0.234. The zero-order valence-corrected chi connectivity index (χ0v) is 12.0. The molecule has 1 aromatic carbocycles. The lowest BCUT2D eigenvalue weighted by Crippen LogP contribution is -2.38. The van der Waals surface area contributed by atoms with Gasteiger partial charge < -0.3 is 19.5 Å². The minimum atomic E-state index is -0.441. The summed E-state index contributed by atoms with van der Waals surface area (Å²) in [5.41, 5.74) is 0.758. The van der Waals surface area contributed by atoms with Crippen molar-refractivity contribution >= 4 is 6.09 Å². The summed E-state index contributed by atoms with van der Waals surface area (Å²) in [4.78, 5) is 12.0. The lowest BCUT2D eigenvalue weighted by molar-refractivity contribution is -0.0452. The fraction of sp³-hybridized carbons (Fsp3) is 0.562. The molecule has 1 amide bonds. The van der Waals surface area contributed by atoms with Crippen molar-refractivity contribution in [1.82, 2.24) is 5.32 Å². The van der Waals surface area contributed by atoms with E-state index < -0.39 is 12.4 Å². The van der Waals surface area contributed by atoms with Crippen molar-refractivity contribution in [2.75, 3.05) is 13.2 Å². The van der Waals surface area contributed by atoms with Gasteiger partial charge in [0.1, 0.15) is 5.75 Å². The van der Waals surface area contributed by atoms with Gasteiger partial charge in [-0.3, -0.25) is 0 Å². The third-order valence-electron chi connectivity index (χ3n) is 3.92. The first kappa shape index (κ1) is 14.4. The first-order chi connectivity index (χ1) is 10.3. The second-order valence-electron chi connectivity index (χ2n) is 5.48. The highest BCUT2D eigenvalue weighted by Crippen LogP contribution is 2.31. The number of benzene rings is 1. The molecule has 1 N–H and O–H groups in total. The van der Waals surface area contributed by atoms with Crippen LogP contribution in [0.2, 0.25) is 0 Å². The molecule has 0 unspecified atom stereocenters. The Morgan fingerprint density at radius 2 is 1.81 bits per heavy atom. The maximum Gasteiger partial charge on any atom is 0.412 e. The van der Waals surface area contributed by atoms with Crippen LogP contribution >= 0.6 is 0 Å². The number of carbonyl (C=O) groups is 1. The molecule has 1 aliphatic carbocycles. The molecule has 0 radical (unpaired) electrons. The van der Waals surface area contributed by atoms with Gasteiger partial charge in [-0.05, 0) is 18.9 Å². The molecular formula is C16H21NO4. The maximum atomic E-state index is 12.0. The molecule has 21 heavy (non-hydrogen) atoms. The molecule has 1 aliphatic heterocycles. The summed E-state index contributed by atoms with van der Waals surface area (Å²) in [6, 6.07) is 7.57. The van der Waals surface area contributed by atoms with Crippen LogP contribution in [0.15, 0.2) is 24.3 Å². The topological polar surface area (TPSA) is 56.8 Å². The molecule has 2 aliphatic rings. The molecule has 1 heterocycles. The molecule has 0 atom stereocenters. The van der Waals surface area contributed by atoms with Crippen LogP contribution < -0.4 is 10.1 Å². The number of hydrogen-bond donors (Lipinski definition) is 1. The summed E-state index contributed by atoms with van der Waals surface area (Å²) in [5, 5.41) is 2.94. The van der Waals surface area contributed by atoms with Gasteiger partial charge in [0.2, 0.25) is 0 Å². The van der Waals surface area contributed by atoms with Gasteiger partial charge in [0.15, 0.2) is 6.29 Å². The normalized spacial score (nSPS) is 20.4. The van der Waals surface area contributed by atoms with E-state index >= 15 is 0 Å². The van der Waals surface area contributed by atoms with E-state index in [-0.39, 0.29) is 6.04 Å². The van der Waals surface area contributed by atoms with Gasteiger partial charge in [-0.1, -0.05) is 37.5 Å². The molecule has 2 fully saturated rings. The van der Waals surface area contributed by atoms with E-state index in [1.807, 2.05) is 18.2 Å². The Balaban J connectivity index is 1.62. The maximum absolute atomic E-state index is 12.0. The standard InChI is InChI=1S/C16H21NO4/c18-16(17-12-6-2-1-3-7-12)21-14-9-5-4-8-13(14)15-19-10-11-20-15/h4-5,8-9,12,15H,1-3,6-7,10-11H2,(H,17,18). The fourth-order valence-corrected chi connectivity index (χ4v) is 2.85. The largest absolute Gasteiger partial charge is 0.412 e. The van der Waals surface area contributed by atoms with Gasteiger partial charge in [-0.25, -0.2) is 4.79 Å². The van der Waals surface area contributed by atoms with Gasteiger partial charge in [0, 0.05) is 6.04 Å². The third-order valence-corrected chi connectivity index (χ3v) is 3.92. The van der Waals surface area contributed by atoms with E-state index in [2.05, 4.69) is 5.32 Å². The van der Waals surface area contributed by atoms with Crippen molar-refractivity contribution in [3.8, 4) is 5.75 Å². The lowest BCUT2D eigenvalue weighted by Gasteiger charge is -2.22. The van der Waals surface area contributed by atoms with Crippen molar-refractivity contribution in [3.05, 3.63) is 29.8 Å². The van der Waals surface area contributed by atoms with Gasteiger partial charge in [-0.2, -0.15) is 0 Å². The minimum Gasteiger partial charge on any atom is -0.410 e. The van der Waals surface area contributed by atoms with E-state index in [4.69, 9.17) is 14.2 Å². The van der Waals surface area contributed by atoms with E-state index in [1.165, 1.54) is 19.3 Å². The van der Waals surface area contributed by atoms with Crippen LogP contribution in [0.3, 0.4) is 0 Å². The fourth-order valence-electron chi connectivity index (χ4n) is 2.85. The van der Waals surface area contributed by atoms with Crippen LogP contribution in [0.5, 0.6) is 5.75 Å². The Morgan fingerprint density at radius 1 is 1.10 bits per heavy atom. The number of para-hydroxylation sites is 1. The van der Waals surface area contributed by atoms with Crippen molar-refractivity contribution in [3.63, 3.8) is 0 Å². The van der Waals surface area contributed by atoms with E-state index in [9.17, 15) is 4.79 Å². The van der Waals surface area contributed by atoms with E-state index in [1.54, 1.807) is 6.07 Å². The quantitative estimate of drug-likeness (QED) is 0.929. The predicted molar refractivity (Wildman–Crippen MR) is 77.1 cm³/mol. The Bertz CT molecular complexity index is 479. The molecule has 1 aromatic rings. The molecule has 0 bridgehead atoms. The second-order valence-corrected chi connectivity index (χ2v) is 5.48. The summed E-state index contributed by atoms with van der Waals surface area (Å²) < 4.78 is 16.4. The van der Waals surface area contributed by atoms with Crippen LogP contribution in [0.4, 0.5) is 4.79 Å². The van der Waals surface area contributed by atoms with Crippen molar-refractivity contribution in [2.45, 2.75) is 44.4 Å². The molecule has 1 saturated carbocycles. The van der Waals surface area contributed by atoms with Gasteiger partial charge in [-0.15, -0.1) is 0 Å². The number of carbonyl (C=O) groups excluding carboxylic acids is 1. The Labute approximate surface area is 124 Å². The first-order valence-corrected chi connectivity index (χ1v) is 7.63. The van der Waals surface area contributed by atoms with Crippen LogP contribution in [-0.2, 0) is 9.47 Å². The number of amides is 1. The SMILES string of the molecule is O=C(NC1CCCCC1)Oc1ccccc1C1OCCO1. The summed E-state index contributed by atoms with van der Waals surface area (Å²) in [7, 11) is 0. The molecule has 114 valence electrons. The third kappa shape index (κ3) is 3.74. The Kier molecular flexibility index (Phi) is 4.72. The van der Waals surface area contributed by atoms with Gasteiger partial charge >= 0.3 is 6.09 Å². The Morgan fingerprint density at radius 3 is 2.57 bits per heavy atom. The zero-order valence-electron chi connectivity index (χ0n) is 12.0. The molecular weight excluding hydrogens is 270 g/mol. The number of rotatable bonds is 3. The number of hydrogen-bond acceptors (Lipinski definition) is 4. The van der Waals surface area contributed by atoms with Gasteiger partial charge in [0.25, 0.3) is 0 Å². The molecule has 5 heteroatoms. The van der Waals surface area contributed by atoms with Crippen LogP contribution in [-0.4, -0.2) is 25.3 Å². The highest BCUT2D eigenvalue weighted by Gasteiger charge is 2.23. The van der Waals surface area contributed by atoms with E-state index in [0.29, 0.717) is 19.0 Å². The summed E-state index contributed by atoms with van der Waals surface area (Å²) in [5.74, 6) is 0.498. The molecule has 1 saturated heterocycles. The number of ether oxygens (including phenoxy) is 3. The molecule has 3 rings (SSSR count). The Hall–Kier alpha value is -1.59. The first-order valence-electron chi connectivity index (χ1n) is 7.63. The highest BCUT2D eigenvalue weighted by atomic mass is 16.7. The van der Waals surface area contributed by atoms with Crippen molar-refractivity contribution < 1.29 is 19.0 Å². The van der Waals surface area contributed by atoms with Crippen LogP contribution in [0.25, 0.3) is 0 Å². The van der Waals surface area contributed by atoms with Crippen molar-refractivity contribution in [2.24, 2.45) is 0 Å². The zero-order chi connectivity index (χ0) is 14.5. The van der Waals surface area contributed by atoms with Crippen LogP contribution in [0, 0.1) is 0 Å². The average Bonchev–Trinajstić information content (AvgIpc) is 3.03. The van der Waals surface area contributed by atoms with Gasteiger partial charge in [0.05, 0.1) is 18.8 Å². The molecule has 5 nitrogen and oxygen atoms in total. The monoisotopic (exact) mass is 291 g/mol. The summed E-state index contributed by atoms with van der Waals surface area (Å²) in [6.45, 7) is 1.13. The summed E-state index contributed by atoms with van der Waals surface area (Å²) >= 11 is 0. The molecule has 0 aromatic heterocycles. The average molecular weight is 291 g/mol. The molecule has 0 spiro atoms. The highest BCUT2D eigenvalue weighted by molar-refractivity contribution is 5.71. The van der Waals surface area contributed by atoms with E-state index in [0.717, 1.165) is 18.4 Å². The number of nitrogens with one attached hydrogen (secondary N) is 1. The smallest absolute Gasteiger partial charge is 0.410 e. The summed E-state index contributed by atoms with van der Waals surface area (Å²) in [6.07, 6.45) is 4.83. The van der Waals surface area contributed by atoms with Crippen molar-refractivity contribution in [1.29, 1.82) is 0 Å². The predicted octanol–water partition coefficient (Wildman–Crippen LogP) is 3.15.